The van der Waals surface area contributed by atoms with Gasteiger partial charge in [-0.1, -0.05) is 10.4 Å². The second-order valence-electron chi connectivity index (χ2n) is 5.92. The smallest absolute Gasteiger partial charge is 0.277 e. The van der Waals surface area contributed by atoms with E-state index in [-0.39, 0.29) is 30.1 Å². The molecule has 4 rings (SSSR count). The van der Waals surface area contributed by atoms with Crippen molar-refractivity contribution in [2.45, 2.75) is 25.3 Å². The van der Waals surface area contributed by atoms with Crippen molar-refractivity contribution < 1.29 is 13.7 Å². The molecule has 1 aliphatic rings. The Hall–Kier alpha value is -3.10. The predicted molar refractivity (Wildman–Crippen MR) is 84.6 cm³/mol. The fourth-order valence-electron chi connectivity index (χ4n) is 2.52. The number of carbonyl (C=O) groups excluding carboxylic acids is 1. The van der Waals surface area contributed by atoms with Gasteiger partial charge in [-0.2, -0.15) is 0 Å². The zero-order chi connectivity index (χ0) is 17.4. The summed E-state index contributed by atoms with van der Waals surface area (Å²) in [7, 11) is 0. The van der Waals surface area contributed by atoms with Crippen LogP contribution in [0.2, 0.25) is 0 Å². The van der Waals surface area contributed by atoms with Crippen molar-refractivity contribution in [3.05, 3.63) is 51.9 Å². The van der Waals surface area contributed by atoms with Gasteiger partial charge in [0.2, 0.25) is 0 Å². The molecule has 1 N–H and O–H groups in total. The summed E-state index contributed by atoms with van der Waals surface area (Å²) in [5.74, 6) is 0.197. The summed E-state index contributed by atoms with van der Waals surface area (Å²) in [6, 6.07) is 5.37. The lowest BCUT2D eigenvalue weighted by Gasteiger charge is -2.05. The molecule has 0 aliphatic heterocycles. The molecule has 1 aromatic carbocycles. The number of nitrogens with zero attached hydrogens (tertiary/aromatic N) is 4. The number of aromatic nitrogens is 4. The minimum absolute atomic E-state index is 0.108. The number of rotatable bonds is 5. The average Bonchev–Trinajstić information content (AvgIpc) is 3.34. The monoisotopic (exact) mass is 343 g/mol. The summed E-state index contributed by atoms with van der Waals surface area (Å²) >= 11 is 0. The molecule has 0 bridgehead atoms. The Morgan fingerprint density at radius 2 is 2.20 bits per heavy atom. The molecule has 25 heavy (non-hydrogen) atoms. The maximum absolute atomic E-state index is 13.3. The lowest BCUT2D eigenvalue weighted by molar-refractivity contribution is 0.0942. The first-order chi connectivity index (χ1) is 12.1. The number of carbonyl (C=O) groups is 1. The average molecular weight is 343 g/mol. The zero-order valence-corrected chi connectivity index (χ0v) is 13.1. The molecule has 1 amide bonds. The molecule has 1 saturated carbocycles. The molecular formula is C16H14FN5O3. The van der Waals surface area contributed by atoms with Crippen LogP contribution in [0.5, 0.6) is 0 Å². The molecule has 0 unspecified atom stereocenters. The summed E-state index contributed by atoms with van der Waals surface area (Å²) in [6.45, 7) is 0.261. The Bertz CT molecular complexity index is 1010. The van der Waals surface area contributed by atoms with Crippen molar-refractivity contribution in [2.24, 2.45) is 0 Å². The lowest BCUT2D eigenvalue weighted by atomic mass is 10.2. The van der Waals surface area contributed by atoms with Crippen LogP contribution in [-0.2, 0) is 6.54 Å². The number of hydrogen-bond acceptors (Lipinski definition) is 6. The molecule has 8 nitrogen and oxygen atoms in total. The summed E-state index contributed by atoms with van der Waals surface area (Å²) in [5, 5.41) is 14.2. The molecule has 0 atom stereocenters. The van der Waals surface area contributed by atoms with Crippen LogP contribution >= 0.6 is 0 Å². The van der Waals surface area contributed by atoms with Crippen molar-refractivity contribution >= 4 is 16.8 Å². The molecular weight excluding hydrogens is 329 g/mol. The predicted octanol–water partition coefficient (Wildman–Crippen LogP) is 1.23. The van der Waals surface area contributed by atoms with Gasteiger partial charge in [-0.25, -0.2) is 9.07 Å². The van der Waals surface area contributed by atoms with E-state index < -0.39 is 11.4 Å². The van der Waals surface area contributed by atoms with Crippen LogP contribution in [-0.4, -0.2) is 32.6 Å². The largest absolute Gasteiger partial charge is 0.360 e. The van der Waals surface area contributed by atoms with Gasteiger partial charge >= 0.3 is 0 Å². The highest BCUT2D eigenvalue weighted by Crippen LogP contribution is 2.40. The Kier molecular flexibility index (Phi) is 3.75. The van der Waals surface area contributed by atoms with Gasteiger partial charge in [0.25, 0.3) is 11.5 Å². The third-order valence-corrected chi connectivity index (χ3v) is 4.03. The highest BCUT2D eigenvalue weighted by Gasteiger charge is 2.28. The summed E-state index contributed by atoms with van der Waals surface area (Å²) in [6.07, 6.45) is 2.11. The number of fused-ring (bicyclic) bond motifs is 1. The minimum atomic E-state index is -0.519. The number of halogens is 1. The van der Waals surface area contributed by atoms with E-state index in [4.69, 9.17) is 4.52 Å². The number of nitrogens with one attached hydrogen (secondary N) is 1. The van der Waals surface area contributed by atoms with Crippen molar-refractivity contribution in [3.63, 3.8) is 0 Å². The van der Waals surface area contributed by atoms with Crippen molar-refractivity contribution in [1.29, 1.82) is 0 Å². The van der Waals surface area contributed by atoms with Crippen LogP contribution in [0, 0.1) is 5.82 Å². The molecule has 1 fully saturated rings. The van der Waals surface area contributed by atoms with E-state index in [1.165, 1.54) is 12.1 Å². The van der Waals surface area contributed by atoms with E-state index in [1.54, 1.807) is 6.07 Å². The van der Waals surface area contributed by atoms with E-state index in [0.29, 0.717) is 11.4 Å². The fraction of sp³-hybridized carbons (Fsp3) is 0.312. The highest BCUT2D eigenvalue weighted by atomic mass is 19.1. The van der Waals surface area contributed by atoms with E-state index >= 15 is 0 Å². The first kappa shape index (κ1) is 15.4. The zero-order valence-electron chi connectivity index (χ0n) is 13.1. The van der Waals surface area contributed by atoms with Gasteiger partial charge in [0.05, 0.1) is 11.9 Å². The number of benzene rings is 1. The molecule has 0 radical (unpaired) electrons. The summed E-state index contributed by atoms with van der Waals surface area (Å²) in [4.78, 5) is 24.3. The van der Waals surface area contributed by atoms with Crippen LogP contribution in [0.4, 0.5) is 4.39 Å². The van der Waals surface area contributed by atoms with E-state index in [2.05, 4.69) is 20.8 Å². The van der Waals surface area contributed by atoms with Crippen LogP contribution in [0.25, 0.3) is 10.9 Å². The van der Waals surface area contributed by atoms with Crippen LogP contribution in [0.1, 0.15) is 35.0 Å². The van der Waals surface area contributed by atoms with E-state index in [1.807, 2.05) is 0 Å². The van der Waals surface area contributed by atoms with Crippen LogP contribution in [0.15, 0.2) is 33.6 Å². The highest BCUT2D eigenvalue weighted by molar-refractivity contribution is 5.92. The topological polar surface area (TPSA) is 103 Å². The first-order valence-corrected chi connectivity index (χ1v) is 7.90. The molecule has 2 aromatic heterocycles. The molecule has 1 aliphatic carbocycles. The molecule has 0 spiro atoms. The third-order valence-electron chi connectivity index (χ3n) is 4.03. The van der Waals surface area contributed by atoms with Gasteiger partial charge in [-0.15, -0.1) is 5.10 Å². The molecule has 3 aromatic rings. The summed E-state index contributed by atoms with van der Waals surface area (Å²) in [5.41, 5.74) is 0.0685. The number of hydrogen-bond donors (Lipinski definition) is 1. The minimum Gasteiger partial charge on any atom is -0.360 e. The van der Waals surface area contributed by atoms with Crippen molar-refractivity contribution in [2.75, 3.05) is 6.54 Å². The van der Waals surface area contributed by atoms with E-state index in [9.17, 15) is 14.0 Å². The van der Waals surface area contributed by atoms with Crippen LogP contribution in [0.3, 0.4) is 0 Å². The molecule has 9 heteroatoms. The van der Waals surface area contributed by atoms with Gasteiger partial charge in [-0.3, -0.25) is 9.59 Å². The molecule has 2 heterocycles. The summed E-state index contributed by atoms with van der Waals surface area (Å²) < 4.78 is 19.5. The molecule has 0 saturated heterocycles. The van der Waals surface area contributed by atoms with Gasteiger partial charge in [-0.05, 0) is 31.0 Å². The maximum atomic E-state index is 13.3. The standard InChI is InChI=1S/C16H14FN5O3/c17-10-3-4-12-11(7-10)16(24)22(21-19-12)6-5-18-15(23)13-8-14(25-20-13)9-1-2-9/h3-4,7-9H,1-2,5-6H2,(H,18,23). The first-order valence-electron chi connectivity index (χ1n) is 7.90. The fourth-order valence-corrected chi connectivity index (χ4v) is 2.52. The maximum Gasteiger partial charge on any atom is 0.277 e. The molecule has 128 valence electrons. The van der Waals surface area contributed by atoms with Gasteiger partial charge < -0.3 is 9.84 Å². The van der Waals surface area contributed by atoms with Gasteiger partial charge in [0, 0.05) is 18.5 Å². The van der Waals surface area contributed by atoms with Crippen LogP contribution < -0.4 is 10.9 Å². The van der Waals surface area contributed by atoms with Crippen molar-refractivity contribution in [3.8, 4) is 0 Å². The third kappa shape index (κ3) is 3.12. The Morgan fingerprint density at radius 3 is 3.00 bits per heavy atom. The second kappa shape index (κ2) is 6.08. The Labute approximate surface area is 140 Å². The van der Waals surface area contributed by atoms with Gasteiger partial charge in [0.1, 0.15) is 17.1 Å². The Balaban J connectivity index is 1.42. The van der Waals surface area contributed by atoms with Crippen molar-refractivity contribution in [1.82, 2.24) is 25.5 Å². The van der Waals surface area contributed by atoms with Gasteiger partial charge in [0.15, 0.2) is 5.69 Å². The SMILES string of the molecule is O=C(NCCn1nnc2ccc(F)cc2c1=O)c1cc(C2CC2)on1. The lowest BCUT2D eigenvalue weighted by Crippen LogP contribution is -2.32. The second-order valence-corrected chi connectivity index (χ2v) is 5.92. The van der Waals surface area contributed by atoms with E-state index in [0.717, 1.165) is 29.4 Å². The Morgan fingerprint density at radius 1 is 1.36 bits per heavy atom. The normalized spacial score (nSPS) is 14.0. The number of amides is 1. The quantitative estimate of drug-likeness (QED) is 0.747.